The van der Waals surface area contributed by atoms with Crippen LogP contribution in [0.4, 0.5) is 5.69 Å². The van der Waals surface area contributed by atoms with Gasteiger partial charge in [0.1, 0.15) is 13.2 Å². The van der Waals surface area contributed by atoms with E-state index in [-0.39, 0.29) is 24.4 Å². The van der Waals surface area contributed by atoms with E-state index in [1.165, 1.54) is 0 Å². The van der Waals surface area contributed by atoms with Crippen LogP contribution in [0.3, 0.4) is 0 Å². The number of ether oxygens (including phenoxy) is 2. The van der Waals surface area contributed by atoms with Gasteiger partial charge in [-0.2, -0.15) is 0 Å². The van der Waals surface area contributed by atoms with Gasteiger partial charge in [-0.25, -0.2) is 0 Å². The number of fused-ring (bicyclic) bond motifs is 1. The van der Waals surface area contributed by atoms with Gasteiger partial charge in [0.2, 0.25) is 5.91 Å². The number of nitrogens with one attached hydrogen (secondary N) is 2. The number of rotatable bonds is 6. The number of hydrogen-bond acceptors (Lipinski definition) is 4. The lowest BCUT2D eigenvalue weighted by atomic mass is 9.95. The third-order valence-electron chi connectivity index (χ3n) is 4.22. The SMILES string of the molecule is CC(C)C(NC(=O)CNc1ccccc1Cl)c1ccc2c(c1)OCCO2. The Kier molecular flexibility index (Phi) is 5.89. The molecule has 1 amide bonds. The molecule has 2 aromatic rings. The molecule has 0 aliphatic carbocycles. The normalized spacial score (nSPS) is 14.0. The molecule has 26 heavy (non-hydrogen) atoms. The molecule has 2 N–H and O–H groups in total. The van der Waals surface area contributed by atoms with Gasteiger partial charge in [0.15, 0.2) is 11.5 Å². The van der Waals surface area contributed by atoms with Gasteiger partial charge < -0.3 is 20.1 Å². The van der Waals surface area contributed by atoms with Crippen molar-refractivity contribution >= 4 is 23.2 Å². The van der Waals surface area contributed by atoms with Crippen molar-refractivity contribution in [3.8, 4) is 11.5 Å². The maximum absolute atomic E-state index is 12.4. The monoisotopic (exact) mass is 374 g/mol. The molecule has 2 aromatic carbocycles. The lowest BCUT2D eigenvalue weighted by Crippen LogP contribution is -2.35. The van der Waals surface area contributed by atoms with E-state index >= 15 is 0 Å². The summed E-state index contributed by atoms with van der Waals surface area (Å²) in [5, 5.41) is 6.75. The van der Waals surface area contributed by atoms with Crippen molar-refractivity contribution in [3.63, 3.8) is 0 Å². The van der Waals surface area contributed by atoms with E-state index in [4.69, 9.17) is 21.1 Å². The molecule has 1 aliphatic rings. The fourth-order valence-corrected chi connectivity index (χ4v) is 3.10. The average Bonchev–Trinajstić information content (AvgIpc) is 2.65. The van der Waals surface area contributed by atoms with Crippen molar-refractivity contribution in [1.29, 1.82) is 0 Å². The predicted molar refractivity (Wildman–Crippen MR) is 103 cm³/mol. The highest BCUT2D eigenvalue weighted by Gasteiger charge is 2.21. The van der Waals surface area contributed by atoms with E-state index in [0.29, 0.717) is 18.2 Å². The van der Waals surface area contributed by atoms with Gasteiger partial charge in [-0.3, -0.25) is 4.79 Å². The smallest absolute Gasteiger partial charge is 0.239 e. The van der Waals surface area contributed by atoms with Crippen LogP contribution in [0.25, 0.3) is 0 Å². The van der Waals surface area contributed by atoms with Gasteiger partial charge in [0.25, 0.3) is 0 Å². The topological polar surface area (TPSA) is 59.6 Å². The molecule has 0 spiro atoms. The molecular weight excluding hydrogens is 352 g/mol. The maximum Gasteiger partial charge on any atom is 0.239 e. The van der Waals surface area contributed by atoms with Crippen LogP contribution < -0.4 is 20.1 Å². The van der Waals surface area contributed by atoms with Gasteiger partial charge in [-0.05, 0) is 35.7 Å². The van der Waals surface area contributed by atoms with Crippen molar-refractivity contribution in [1.82, 2.24) is 5.32 Å². The highest BCUT2D eigenvalue weighted by molar-refractivity contribution is 6.33. The first-order chi connectivity index (χ1) is 12.5. The molecule has 0 saturated heterocycles. The second-order valence-electron chi connectivity index (χ2n) is 6.53. The lowest BCUT2D eigenvalue weighted by molar-refractivity contribution is -0.120. The summed E-state index contributed by atoms with van der Waals surface area (Å²) in [5.41, 5.74) is 1.74. The van der Waals surface area contributed by atoms with E-state index in [9.17, 15) is 4.79 Å². The standard InChI is InChI=1S/C20H23ClN2O3/c1-13(2)20(14-7-8-17-18(11-14)26-10-9-25-17)23-19(24)12-22-16-6-4-3-5-15(16)21/h3-8,11,13,20,22H,9-10,12H2,1-2H3,(H,23,24). The van der Waals surface area contributed by atoms with E-state index in [1.807, 2.05) is 36.4 Å². The Morgan fingerprint density at radius 1 is 1.12 bits per heavy atom. The van der Waals surface area contributed by atoms with Crippen LogP contribution in [0.2, 0.25) is 5.02 Å². The Labute approximate surface area is 158 Å². The van der Waals surface area contributed by atoms with Crippen molar-refractivity contribution in [2.24, 2.45) is 5.92 Å². The van der Waals surface area contributed by atoms with Crippen molar-refractivity contribution in [2.45, 2.75) is 19.9 Å². The molecule has 138 valence electrons. The lowest BCUT2D eigenvalue weighted by Gasteiger charge is -2.25. The van der Waals surface area contributed by atoms with Gasteiger partial charge in [0.05, 0.1) is 23.3 Å². The maximum atomic E-state index is 12.4. The largest absolute Gasteiger partial charge is 0.486 e. The van der Waals surface area contributed by atoms with Gasteiger partial charge in [-0.1, -0.05) is 43.6 Å². The molecule has 0 saturated carbocycles. The third kappa shape index (κ3) is 4.41. The zero-order valence-corrected chi connectivity index (χ0v) is 15.7. The number of benzene rings is 2. The van der Waals surface area contributed by atoms with Crippen LogP contribution in [0.15, 0.2) is 42.5 Å². The zero-order chi connectivity index (χ0) is 18.5. The molecule has 6 heteroatoms. The summed E-state index contributed by atoms with van der Waals surface area (Å²) in [6.45, 7) is 5.39. The molecular formula is C20H23ClN2O3. The number of anilines is 1. The fraction of sp³-hybridized carbons (Fsp3) is 0.350. The summed E-state index contributed by atoms with van der Waals surface area (Å²) in [6, 6.07) is 13.0. The zero-order valence-electron chi connectivity index (χ0n) is 14.9. The van der Waals surface area contributed by atoms with Gasteiger partial charge >= 0.3 is 0 Å². The van der Waals surface area contributed by atoms with Crippen LogP contribution in [-0.4, -0.2) is 25.7 Å². The predicted octanol–water partition coefficient (Wildman–Crippen LogP) is 4.04. The number of carbonyl (C=O) groups is 1. The number of amides is 1. The van der Waals surface area contributed by atoms with E-state index in [0.717, 1.165) is 22.7 Å². The summed E-state index contributed by atoms with van der Waals surface area (Å²) in [6.07, 6.45) is 0. The summed E-state index contributed by atoms with van der Waals surface area (Å²) in [5.74, 6) is 1.59. The quantitative estimate of drug-likeness (QED) is 0.801. The first-order valence-corrected chi connectivity index (χ1v) is 9.09. The van der Waals surface area contributed by atoms with Crippen LogP contribution in [0.1, 0.15) is 25.5 Å². The Hall–Kier alpha value is -2.40. The number of para-hydroxylation sites is 1. The second-order valence-corrected chi connectivity index (χ2v) is 6.93. The summed E-state index contributed by atoms with van der Waals surface area (Å²) >= 11 is 6.11. The summed E-state index contributed by atoms with van der Waals surface area (Å²) in [4.78, 5) is 12.4. The third-order valence-corrected chi connectivity index (χ3v) is 4.55. The summed E-state index contributed by atoms with van der Waals surface area (Å²) in [7, 11) is 0. The average molecular weight is 375 g/mol. The van der Waals surface area contributed by atoms with Crippen molar-refractivity contribution < 1.29 is 14.3 Å². The van der Waals surface area contributed by atoms with Crippen LogP contribution in [0.5, 0.6) is 11.5 Å². The van der Waals surface area contributed by atoms with Gasteiger partial charge in [0, 0.05) is 0 Å². The number of hydrogen-bond donors (Lipinski definition) is 2. The summed E-state index contributed by atoms with van der Waals surface area (Å²) < 4.78 is 11.2. The highest BCUT2D eigenvalue weighted by atomic mass is 35.5. The van der Waals surface area contributed by atoms with Crippen LogP contribution in [0, 0.1) is 5.92 Å². The van der Waals surface area contributed by atoms with Crippen molar-refractivity contribution in [3.05, 3.63) is 53.1 Å². The molecule has 1 unspecified atom stereocenters. The molecule has 3 rings (SSSR count). The Balaban J connectivity index is 1.66. The first kappa shape index (κ1) is 18.4. The van der Waals surface area contributed by atoms with Crippen LogP contribution in [-0.2, 0) is 4.79 Å². The molecule has 1 heterocycles. The van der Waals surface area contributed by atoms with Crippen molar-refractivity contribution in [2.75, 3.05) is 25.1 Å². The Morgan fingerprint density at radius 2 is 1.85 bits per heavy atom. The van der Waals surface area contributed by atoms with E-state index in [1.54, 1.807) is 6.07 Å². The molecule has 0 bridgehead atoms. The minimum Gasteiger partial charge on any atom is -0.486 e. The molecule has 1 aliphatic heterocycles. The Morgan fingerprint density at radius 3 is 2.58 bits per heavy atom. The minimum atomic E-state index is -0.119. The minimum absolute atomic E-state index is 0.0986. The highest BCUT2D eigenvalue weighted by Crippen LogP contribution is 2.34. The Bertz CT molecular complexity index is 779. The molecule has 5 nitrogen and oxygen atoms in total. The molecule has 0 fully saturated rings. The number of carbonyl (C=O) groups excluding carboxylic acids is 1. The fourth-order valence-electron chi connectivity index (χ4n) is 2.89. The first-order valence-electron chi connectivity index (χ1n) is 8.72. The molecule has 0 radical (unpaired) electrons. The second kappa shape index (κ2) is 8.32. The van der Waals surface area contributed by atoms with E-state index in [2.05, 4.69) is 24.5 Å². The molecule has 0 aromatic heterocycles. The van der Waals surface area contributed by atoms with Gasteiger partial charge in [-0.15, -0.1) is 0 Å². The van der Waals surface area contributed by atoms with Crippen LogP contribution >= 0.6 is 11.6 Å². The van der Waals surface area contributed by atoms with E-state index < -0.39 is 0 Å². The molecule has 1 atom stereocenters. The number of halogens is 1.